The fourth-order valence-electron chi connectivity index (χ4n) is 5.42. The zero-order valence-corrected chi connectivity index (χ0v) is 27.4. The molecule has 4 amide bonds. The van der Waals surface area contributed by atoms with Crippen LogP contribution >= 0.6 is 0 Å². The van der Waals surface area contributed by atoms with E-state index in [1.54, 1.807) is 37.5 Å². The molecule has 2 heterocycles. The molecule has 12 nitrogen and oxygen atoms in total. The number of fused-ring (bicyclic) bond motifs is 1. The van der Waals surface area contributed by atoms with Crippen molar-refractivity contribution in [3.63, 3.8) is 0 Å². The van der Waals surface area contributed by atoms with Gasteiger partial charge in [-0.05, 0) is 49.3 Å². The fraction of sp³-hybridized carbons (Fsp3) is 0.400. The molecule has 0 aliphatic carbocycles. The zero-order chi connectivity index (χ0) is 34.1. The van der Waals surface area contributed by atoms with Crippen molar-refractivity contribution in [3.05, 3.63) is 84.5 Å². The van der Waals surface area contributed by atoms with E-state index in [0.717, 1.165) is 27.9 Å². The van der Waals surface area contributed by atoms with Crippen molar-refractivity contribution in [1.82, 2.24) is 25.6 Å². The number of amides is 4. The third kappa shape index (κ3) is 9.60. The Morgan fingerprint density at radius 1 is 1.00 bits per heavy atom. The predicted octanol–water partition coefficient (Wildman–Crippen LogP) is 3.17. The van der Waals surface area contributed by atoms with Crippen molar-refractivity contribution in [2.24, 2.45) is 11.7 Å². The van der Waals surface area contributed by atoms with E-state index >= 15 is 0 Å². The highest BCUT2D eigenvalue weighted by Gasteiger charge is 2.33. The van der Waals surface area contributed by atoms with Gasteiger partial charge in [-0.15, -0.1) is 0 Å². The molecule has 1 aromatic heterocycles. The molecule has 47 heavy (non-hydrogen) atoms. The topological polar surface area (TPSA) is 161 Å². The number of hydrogen-bond donors (Lipinski definition) is 4. The molecule has 0 fully saturated rings. The highest BCUT2D eigenvalue weighted by atomic mass is 16.3. The number of aromatic nitrogens is 1. The first-order valence-corrected chi connectivity index (χ1v) is 15.9. The molecule has 0 radical (unpaired) electrons. The highest BCUT2D eigenvalue weighted by Crippen LogP contribution is 2.34. The first-order chi connectivity index (χ1) is 22.4. The number of nitrogens with two attached hydrogens (primary N) is 1. The van der Waals surface area contributed by atoms with Gasteiger partial charge in [-0.3, -0.25) is 34.5 Å². The normalized spacial score (nSPS) is 14.8. The second-order valence-corrected chi connectivity index (χ2v) is 12.3. The second kappa shape index (κ2) is 16.1. The quantitative estimate of drug-likeness (QED) is 0.207. The Morgan fingerprint density at radius 3 is 2.40 bits per heavy atom. The maximum atomic E-state index is 13.9. The zero-order valence-electron chi connectivity index (χ0n) is 27.4. The Balaban J connectivity index is 1.62. The summed E-state index contributed by atoms with van der Waals surface area (Å²) in [5.41, 5.74) is 10.6. The molecule has 0 saturated carbocycles. The third-order valence-electron chi connectivity index (χ3n) is 7.86. The lowest BCUT2D eigenvalue weighted by atomic mass is 10.0. The highest BCUT2D eigenvalue weighted by molar-refractivity contribution is 5.96. The van der Waals surface area contributed by atoms with E-state index < -0.39 is 35.9 Å². The number of pyridine rings is 1. The lowest BCUT2D eigenvalue weighted by Crippen LogP contribution is -2.54. The van der Waals surface area contributed by atoms with E-state index in [1.165, 1.54) is 11.8 Å². The van der Waals surface area contributed by atoms with Crippen LogP contribution in [0.1, 0.15) is 59.1 Å². The van der Waals surface area contributed by atoms with Gasteiger partial charge in [-0.25, -0.2) is 5.01 Å². The van der Waals surface area contributed by atoms with Gasteiger partial charge in [0, 0.05) is 36.8 Å². The number of benzene rings is 2. The third-order valence-corrected chi connectivity index (χ3v) is 7.86. The van der Waals surface area contributed by atoms with Gasteiger partial charge in [-0.2, -0.15) is 0 Å². The van der Waals surface area contributed by atoms with E-state index in [4.69, 9.17) is 5.73 Å². The average Bonchev–Trinajstić information content (AvgIpc) is 3.46. The SMILES string of the molecule is CC(=O)NC(CC1=CN(C(=O)[C@H](C)N)CN1c1cccc2ccccc12)C(=O)NN(Cc1ccccn1)C(=O)C[C@@H](O)CCC(C)C. The Kier molecular flexibility index (Phi) is 12.0. The molecule has 0 spiro atoms. The number of nitrogens with zero attached hydrogens (tertiary/aromatic N) is 4. The van der Waals surface area contributed by atoms with Crippen LogP contribution in [0.2, 0.25) is 0 Å². The maximum Gasteiger partial charge on any atom is 0.261 e. The van der Waals surface area contributed by atoms with Gasteiger partial charge in [0.2, 0.25) is 17.7 Å². The second-order valence-electron chi connectivity index (χ2n) is 12.3. The number of nitrogens with one attached hydrogen (secondary N) is 2. The van der Waals surface area contributed by atoms with Crippen LogP contribution in [0.3, 0.4) is 0 Å². The molecule has 3 aromatic rings. The average molecular weight is 644 g/mol. The summed E-state index contributed by atoms with van der Waals surface area (Å²) in [4.78, 5) is 60.4. The summed E-state index contributed by atoms with van der Waals surface area (Å²) in [5, 5.41) is 16.4. The van der Waals surface area contributed by atoms with Crippen LogP contribution in [-0.2, 0) is 25.7 Å². The van der Waals surface area contributed by atoms with E-state index in [0.29, 0.717) is 23.7 Å². The smallest absolute Gasteiger partial charge is 0.261 e. The minimum atomic E-state index is -1.12. The van der Waals surface area contributed by atoms with Crippen LogP contribution in [0.4, 0.5) is 5.69 Å². The van der Waals surface area contributed by atoms with Gasteiger partial charge in [-0.1, -0.05) is 56.3 Å². The predicted molar refractivity (Wildman–Crippen MR) is 180 cm³/mol. The Labute approximate surface area is 275 Å². The number of carbonyl (C=O) groups is 4. The summed E-state index contributed by atoms with van der Waals surface area (Å²) in [6, 6.07) is 17.0. The van der Waals surface area contributed by atoms with Crippen LogP contribution in [-0.4, -0.2) is 68.5 Å². The number of anilines is 1. The van der Waals surface area contributed by atoms with Gasteiger partial charge in [0.1, 0.15) is 12.7 Å². The first kappa shape index (κ1) is 35.1. The van der Waals surface area contributed by atoms with Crippen molar-refractivity contribution < 1.29 is 24.3 Å². The maximum absolute atomic E-state index is 13.9. The van der Waals surface area contributed by atoms with Gasteiger partial charge in [0.15, 0.2) is 0 Å². The minimum absolute atomic E-state index is 0.00000219. The number of aliphatic hydroxyl groups excluding tert-OH is 1. The lowest BCUT2D eigenvalue weighted by Gasteiger charge is -2.29. The Hall–Kier alpha value is -4.81. The van der Waals surface area contributed by atoms with E-state index in [9.17, 15) is 24.3 Å². The Bertz CT molecular complexity index is 1590. The fourth-order valence-corrected chi connectivity index (χ4v) is 5.42. The van der Waals surface area contributed by atoms with Crippen LogP contribution in [0, 0.1) is 5.92 Å². The number of carbonyl (C=O) groups excluding carboxylic acids is 4. The van der Waals surface area contributed by atoms with Crippen molar-refractivity contribution in [3.8, 4) is 0 Å². The molecule has 1 unspecified atom stereocenters. The van der Waals surface area contributed by atoms with E-state index in [2.05, 4.69) is 15.7 Å². The number of rotatable bonds is 13. The summed E-state index contributed by atoms with van der Waals surface area (Å²) < 4.78 is 0. The number of hydrogen-bond acceptors (Lipinski definition) is 8. The van der Waals surface area contributed by atoms with E-state index in [-0.39, 0.29) is 32.0 Å². The van der Waals surface area contributed by atoms with Gasteiger partial charge in [0.05, 0.1) is 36.5 Å². The monoisotopic (exact) mass is 643 g/mol. The molecular weight excluding hydrogens is 598 g/mol. The first-order valence-electron chi connectivity index (χ1n) is 15.9. The van der Waals surface area contributed by atoms with Crippen molar-refractivity contribution in [2.75, 3.05) is 11.6 Å². The van der Waals surface area contributed by atoms with Crippen LogP contribution in [0.5, 0.6) is 0 Å². The molecule has 12 heteroatoms. The molecular formula is C35H45N7O5. The molecule has 3 atom stereocenters. The number of hydrazine groups is 1. The molecule has 250 valence electrons. The molecule has 1 aliphatic heterocycles. The summed E-state index contributed by atoms with van der Waals surface area (Å²) >= 11 is 0. The summed E-state index contributed by atoms with van der Waals surface area (Å²) in [6.45, 7) is 7.11. The summed E-state index contributed by atoms with van der Waals surface area (Å²) in [7, 11) is 0. The Morgan fingerprint density at radius 2 is 1.72 bits per heavy atom. The molecule has 2 aromatic carbocycles. The van der Waals surface area contributed by atoms with Crippen LogP contribution < -0.4 is 21.4 Å². The summed E-state index contributed by atoms with van der Waals surface area (Å²) in [5.74, 6) is -1.52. The van der Waals surface area contributed by atoms with Crippen molar-refractivity contribution in [1.29, 1.82) is 0 Å². The van der Waals surface area contributed by atoms with Crippen molar-refractivity contribution in [2.45, 2.75) is 78.1 Å². The molecule has 1 aliphatic rings. The van der Waals surface area contributed by atoms with Crippen LogP contribution in [0.25, 0.3) is 10.8 Å². The standard InChI is InChI=1S/C35H45N7O5/c1-23(2)15-16-29(44)19-33(45)42(20-27-12-7-8-17-37-27)39-34(46)31(38-25(4)43)18-28-21-40(35(47)24(3)36)22-41(28)32-14-9-11-26-10-5-6-13-30(26)32/h5-14,17,21,23-24,29,31,44H,15-16,18-20,22,36H2,1-4H3,(H,38,43)(H,39,46)/t24-,29-,31?/m0/s1. The molecule has 0 saturated heterocycles. The number of aliphatic hydroxyl groups is 1. The summed E-state index contributed by atoms with van der Waals surface area (Å²) in [6.07, 6.45) is 3.34. The molecule has 5 N–H and O–H groups in total. The van der Waals surface area contributed by atoms with Gasteiger partial charge in [0.25, 0.3) is 5.91 Å². The van der Waals surface area contributed by atoms with Gasteiger partial charge >= 0.3 is 0 Å². The van der Waals surface area contributed by atoms with Gasteiger partial charge < -0.3 is 21.1 Å². The molecule has 0 bridgehead atoms. The largest absolute Gasteiger partial charge is 0.393 e. The van der Waals surface area contributed by atoms with Crippen molar-refractivity contribution >= 4 is 40.1 Å². The van der Waals surface area contributed by atoms with E-state index in [1.807, 2.05) is 61.2 Å². The lowest BCUT2D eigenvalue weighted by molar-refractivity contribution is -0.145. The minimum Gasteiger partial charge on any atom is -0.393 e. The van der Waals surface area contributed by atoms with Crippen LogP contribution in [0.15, 0.2) is 78.8 Å². The molecule has 4 rings (SSSR count).